The van der Waals surface area contributed by atoms with Gasteiger partial charge in [0.15, 0.2) is 0 Å². The molecule has 110 valence electrons. The predicted molar refractivity (Wildman–Crippen MR) is 88.2 cm³/mol. The fourth-order valence-corrected chi connectivity index (χ4v) is 2.31. The maximum absolute atomic E-state index is 4.19. The van der Waals surface area contributed by atoms with Crippen LogP contribution < -0.4 is 10.6 Å². The zero-order chi connectivity index (χ0) is 15.2. The molecule has 7 heteroatoms. The summed E-state index contributed by atoms with van der Waals surface area (Å²) in [6.45, 7) is 0. The minimum atomic E-state index is -0.262. The van der Waals surface area contributed by atoms with Crippen molar-refractivity contribution in [1.29, 1.82) is 0 Å². The molecule has 3 aromatic rings. The third kappa shape index (κ3) is 3.76. The van der Waals surface area contributed by atoms with Crippen molar-refractivity contribution in [3.05, 3.63) is 71.2 Å². The monoisotopic (exact) mass is 356 g/mol. The van der Waals surface area contributed by atoms with E-state index in [1.165, 1.54) is 0 Å². The number of nitrogens with one attached hydrogen (secondary N) is 2. The van der Waals surface area contributed by atoms with Crippen LogP contribution in [0.25, 0.3) is 0 Å². The van der Waals surface area contributed by atoms with E-state index in [2.05, 4.69) is 46.5 Å². The van der Waals surface area contributed by atoms with Gasteiger partial charge in [-0.3, -0.25) is 0 Å². The number of benzene rings is 1. The Bertz CT molecular complexity index is 681. The Balaban J connectivity index is 1.88. The summed E-state index contributed by atoms with van der Waals surface area (Å²) < 4.78 is 0.988. The SMILES string of the molecule is Brc1cccc(C(Nc2ncccn2)Nc2ncccn2)c1. The molecule has 1 aromatic carbocycles. The zero-order valence-electron chi connectivity index (χ0n) is 11.5. The van der Waals surface area contributed by atoms with Crippen molar-refractivity contribution < 1.29 is 0 Å². The highest BCUT2D eigenvalue weighted by Gasteiger charge is 2.14. The normalized spacial score (nSPS) is 10.5. The van der Waals surface area contributed by atoms with Gasteiger partial charge in [0.05, 0.1) is 0 Å². The third-order valence-corrected chi connectivity index (χ3v) is 3.35. The largest absolute Gasteiger partial charge is 0.330 e. The van der Waals surface area contributed by atoms with E-state index in [1.54, 1.807) is 36.9 Å². The molecule has 3 rings (SSSR count). The van der Waals surface area contributed by atoms with E-state index in [0.717, 1.165) is 10.0 Å². The highest BCUT2D eigenvalue weighted by atomic mass is 79.9. The first-order chi connectivity index (χ1) is 10.8. The molecule has 22 heavy (non-hydrogen) atoms. The van der Waals surface area contributed by atoms with Crippen LogP contribution in [0.1, 0.15) is 11.7 Å². The Kier molecular flexibility index (Phi) is 4.55. The van der Waals surface area contributed by atoms with Gasteiger partial charge in [-0.1, -0.05) is 28.1 Å². The molecule has 0 saturated heterocycles. The molecular formula is C15H13BrN6. The topological polar surface area (TPSA) is 75.6 Å². The van der Waals surface area contributed by atoms with Gasteiger partial charge in [-0.15, -0.1) is 0 Å². The summed E-state index contributed by atoms with van der Waals surface area (Å²) >= 11 is 3.48. The highest BCUT2D eigenvalue weighted by Crippen LogP contribution is 2.21. The average Bonchev–Trinajstić information content (AvgIpc) is 2.56. The van der Waals surface area contributed by atoms with Crippen molar-refractivity contribution in [2.75, 3.05) is 10.6 Å². The quantitative estimate of drug-likeness (QED) is 0.683. The van der Waals surface area contributed by atoms with Crippen molar-refractivity contribution in [3.63, 3.8) is 0 Å². The van der Waals surface area contributed by atoms with Gasteiger partial charge >= 0.3 is 0 Å². The number of rotatable bonds is 5. The van der Waals surface area contributed by atoms with Crippen LogP contribution in [0, 0.1) is 0 Å². The van der Waals surface area contributed by atoms with E-state index in [1.807, 2.05) is 24.3 Å². The molecule has 0 radical (unpaired) electrons. The molecule has 2 aromatic heterocycles. The first-order valence-electron chi connectivity index (χ1n) is 6.64. The van der Waals surface area contributed by atoms with E-state index >= 15 is 0 Å². The van der Waals surface area contributed by atoms with Crippen LogP contribution in [-0.2, 0) is 0 Å². The number of aromatic nitrogens is 4. The Hall–Kier alpha value is -2.54. The minimum Gasteiger partial charge on any atom is -0.330 e. The molecule has 0 spiro atoms. The van der Waals surface area contributed by atoms with Gasteiger partial charge in [-0.2, -0.15) is 0 Å². The van der Waals surface area contributed by atoms with E-state index < -0.39 is 0 Å². The van der Waals surface area contributed by atoms with Crippen molar-refractivity contribution in [1.82, 2.24) is 19.9 Å². The van der Waals surface area contributed by atoms with Crippen LogP contribution >= 0.6 is 15.9 Å². The van der Waals surface area contributed by atoms with E-state index in [-0.39, 0.29) is 6.17 Å². The van der Waals surface area contributed by atoms with Gasteiger partial charge in [0, 0.05) is 29.3 Å². The lowest BCUT2D eigenvalue weighted by molar-refractivity contribution is 0.855. The Morgan fingerprint density at radius 3 is 1.82 bits per heavy atom. The lowest BCUT2D eigenvalue weighted by atomic mass is 10.2. The van der Waals surface area contributed by atoms with E-state index in [4.69, 9.17) is 0 Å². The molecule has 0 aliphatic heterocycles. The Morgan fingerprint density at radius 1 is 0.773 bits per heavy atom. The molecular weight excluding hydrogens is 344 g/mol. The number of anilines is 2. The Labute approximate surface area is 136 Å². The first-order valence-corrected chi connectivity index (χ1v) is 7.43. The molecule has 0 saturated carbocycles. The van der Waals surface area contributed by atoms with Gasteiger partial charge in [0.1, 0.15) is 6.17 Å². The van der Waals surface area contributed by atoms with Crippen LogP contribution in [0.5, 0.6) is 0 Å². The molecule has 2 heterocycles. The summed E-state index contributed by atoms with van der Waals surface area (Å²) in [5.41, 5.74) is 1.01. The van der Waals surface area contributed by atoms with Crippen molar-refractivity contribution in [2.24, 2.45) is 0 Å². The second-order valence-electron chi connectivity index (χ2n) is 4.42. The standard InChI is InChI=1S/C15H13BrN6/c16-12-5-1-4-11(10-12)13(21-14-17-6-2-7-18-14)22-15-19-8-3-9-20-15/h1-10,13H,(H,17,18,21)(H,19,20,22). The summed E-state index contributed by atoms with van der Waals surface area (Å²) in [6, 6.07) is 11.5. The molecule has 0 atom stereocenters. The van der Waals surface area contributed by atoms with Gasteiger partial charge < -0.3 is 10.6 Å². The number of halogens is 1. The third-order valence-electron chi connectivity index (χ3n) is 2.86. The lowest BCUT2D eigenvalue weighted by Gasteiger charge is -2.20. The Morgan fingerprint density at radius 2 is 1.32 bits per heavy atom. The molecule has 0 bridgehead atoms. The summed E-state index contributed by atoms with van der Waals surface area (Å²) in [7, 11) is 0. The van der Waals surface area contributed by atoms with Crippen molar-refractivity contribution in [3.8, 4) is 0 Å². The van der Waals surface area contributed by atoms with Gasteiger partial charge in [0.25, 0.3) is 0 Å². The van der Waals surface area contributed by atoms with Crippen LogP contribution in [0.4, 0.5) is 11.9 Å². The number of hydrogen-bond donors (Lipinski definition) is 2. The van der Waals surface area contributed by atoms with Crippen molar-refractivity contribution in [2.45, 2.75) is 6.17 Å². The predicted octanol–water partition coefficient (Wildman–Crippen LogP) is 3.25. The molecule has 0 unspecified atom stereocenters. The molecule has 0 aliphatic rings. The van der Waals surface area contributed by atoms with Gasteiger partial charge in [-0.05, 0) is 29.8 Å². The van der Waals surface area contributed by atoms with Gasteiger partial charge in [-0.25, -0.2) is 19.9 Å². The van der Waals surface area contributed by atoms with E-state index in [9.17, 15) is 0 Å². The average molecular weight is 357 g/mol. The highest BCUT2D eigenvalue weighted by molar-refractivity contribution is 9.10. The molecule has 0 aliphatic carbocycles. The molecule has 0 fully saturated rings. The van der Waals surface area contributed by atoms with Crippen LogP contribution in [-0.4, -0.2) is 19.9 Å². The minimum absolute atomic E-state index is 0.262. The summed E-state index contributed by atoms with van der Waals surface area (Å²) in [5, 5.41) is 6.47. The summed E-state index contributed by atoms with van der Waals surface area (Å²) in [6.07, 6.45) is 6.49. The van der Waals surface area contributed by atoms with Crippen LogP contribution in [0.3, 0.4) is 0 Å². The molecule has 2 N–H and O–H groups in total. The number of nitrogens with zero attached hydrogens (tertiary/aromatic N) is 4. The first kappa shape index (κ1) is 14.4. The smallest absolute Gasteiger partial charge is 0.224 e. The fourth-order valence-electron chi connectivity index (χ4n) is 1.89. The second kappa shape index (κ2) is 6.95. The van der Waals surface area contributed by atoms with Gasteiger partial charge in [0.2, 0.25) is 11.9 Å². The van der Waals surface area contributed by atoms with E-state index in [0.29, 0.717) is 11.9 Å². The summed E-state index contributed by atoms with van der Waals surface area (Å²) in [5.74, 6) is 1.05. The number of hydrogen-bond acceptors (Lipinski definition) is 6. The lowest BCUT2D eigenvalue weighted by Crippen LogP contribution is -2.22. The van der Waals surface area contributed by atoms with Crippen LogP contribution in [0.2, 0.25) is 0 Å². The van der Waals surface area contributed by atoms with Crippen LogP contribution in [0.15, 0.2) is 65.7 Å². The summed E-state index contributed by atoms with van der Waals surface area (Å²) in [4.78, 5) is 16.8. The maximum Gasteiger partial charge on any atom is 0.224 e. The molecule has 6 nitrogen and oxygen atoms in total. The molecule has 0 amide bonds. The fraction of sp³-hybridized carbons (Fsp3) is 0.0667. The second-order valence-corrected chi connectivity index (χ2v) is 5.34. The van der Waals surface area contributed by atoms with Crippen molar-refractivity contribution >= 4 is 27.8 Å². The maximum atomic E-state index is 4.19. The zero-order valence-corrected chi connectivity index (χ0v) is 13.1.